The molecule has 1 heterocycles. The van der Waals surface area contributed by atoms with Gasteiger partial charge in [0.05, 0.1) is 0 Å². The van der Waals surface area contributed by atoms with Gasteiger partial charge >= 0.3 is 0 Å². The molecule has 0 bridgehead atoms. The lowest BCUT2D eigenvalue weighted by Gasteiger charge is -2.08. The van der Waals surface area contributed by atoms with Gasteiger partial charge in [-0.25, -0.2) is 0 Å². The Morgan fingerprint density at radius 1 is 1.62 bits per heavy atom. The predicted octanol–water partition coefficient (Wildman–Crippen LogP) is -0.163. The topological polar surface area (TPSA) is 89.8 Å². The summed E-state index contributed by atoms with van der Waals surface area (Å²) in [5, 5.41) is 0. The van der Waals surface area contributed by atoms with Gasteiger partial charge < -0.3 is 16.0 Å². The summed E-state index contributed by atoms with van der Waals surface area (Å²) in [6.07, 6.45) is 0.782. The minimum Gasteiger partial charge on any atom is -0.385 e. The number of rotatable bonds is 3. The van der Waals surface area contributed by atoms with Crippen molar-refractivity contribution in [2.45, 2.75) is 13.0 Å². The van der Waals surface area contributed by atoms with Gasteiger partial charge in [0.15, 0.2) is 4.77 Å². The molecule has 6 heteroatoms. The van der Waals surface area contributed by atoms with Crippen molar-refractivity contribution in [2.75, 3.05) is 12.3 Å². The molecule has 0 aliphatic heterocycles. The predicted molar refractivity (Wildman–Crippen MR) is 54.0 cm³/mol. The number of nitrogens with zero attached hydrogens (tertiary/aromatic N) is 1. The lowest BCUT2D eigenvalue weighted by atomic mass is 10.4. The molecule has 0 saturated heterocycles. The molecule has 5 nitrogen and oxygen atoms in total. The van der Waals surface area contributed by atoms with Crippen LogP contribution < -0.4 is 17.0 Å². The average Bonchev–Trinajstić information content (AvgIpc) is 2.02. The third-order valence-corrected chi connectivity index (χ3v) is 1.97. The molecular weight excluding hydrogens is 188 g/mol. The van der Waals surface area contributed by atoms with E-state index in [-0.39, 0.29) is 5.56 Å². The summed E-state index contributed by atoms with van der Waals surface area (Å²) in [5.41, 5.74) is 10.7. The molecule has 0 saturated carbocycles. The first-order valence-corrected chi connectivity index (χ1v) is 4.35. The van der Waals surface area contributed by atoms with Gasteiger partial charge in [-0.3, -0.25) is 9.78 Å². The molecule has 0 aliphatic rings. The van der Waals surface area contributed by atoms with Gasteiger partial charge in [0.25, 0.3) is 5.56 Å². The van der Waals surface area contributed by atoms with Crippen molar-refractivity contribution in [3.05, 3.63) is 21.2 Å². The molecular formula is C7H12N4OS. The van der Waals surface area contributed by atoms with Crippen molar-refractivity contribution in [2.24, 2.45) is 5.73 Å². The summed E-state index contributed by atoms with van der Waals surface area (Å²) in [6.45, 7) is 1.21. The minimum atomic E-state index is -0.272. The van der Waals surface area contributed by atoms with Crippen LogP contribution in [0.2, 0.25) is 0 Å². The van der Waals surface area contributed by atoms with Crippen LogP contribution in [0.1, 0.15) is 6.42 Å². The lowest BCUT2D eigenvalue weighted by molar-refractivity contribution is 0.633. The largest absolute Gasteiger partial charge is 0.385 e. The van der Waals surface area contributed by atoms with Crippen molar-refractivity contribution >= 4 is 18.0 Å². The first-order valence-electron chi connectivity index (χ1n) is 3.95. The van der Waals surface area contributed by atoms with Gasteiger partial charge in [-0.15, -0.1) is 0 Å². The molecule has 1 aromatic heterocycles. The van der Waals surface area contributed by atoms with E-state index in [1.165, 1.54) is 6.07 Å². The number of nitrogens with one attached hydrogen (secondary N) is 1. The summed E-state index contributed by atoms with van der Waals surface area (Å²) < 4.78 is 2.00. The molecule has 5 N–H and O–H groups in total. The third kappa shape index (κ3) is 2.40. The smallest absolute Gasteiger partial charge is 0.253 e. The monoisotopic (exact) mass is 200 g/mol. The van der Waals surface area contributed by atoms with Crippen molar-refractivity contribution < 1.29 is 0 Å². The van der Waals surface area contributed by atoms with E-state index in [4.69, 9.17) is 23.7 Å². The van der Waals surface area contributed by atoms with E-state index >= 15 is 0 Å². The number of nitrogen functional groups attached to an aromatic ring is 1. The van der Waals surface area contributed by atoms with E-state index in [1.54, 1.807) is 4.57 Å². The van der Waals surface area contributed by atoms with Crippen molar-refractivity contribution in [1.82, 2.24) is 9.55 Å². The van der Waals surface area contributed by atoms with E-state index in [0.29, 0.717) is 23.7 Å². The molecule has 72 valence electrons. The maximum atomic E-state index is 10.9. The summed E-state index contributed by atoms with van der Waals surface area (Å²) >= 11 is 4.93. The number of H-pyrrole nitrogens is 1. The van der Waals surface area contributed by atoms with Crippen molar-refractivity contribution in [1.29, 1.82) is 0 Å². The first-order chi connectivity index (χ1) is 6.15. The average molecular weight is 200 g/mol. The van der Waals surface area contributed by atoms with Gasteiger partial charge in [-0.05, 0) is 25.2 Å². The fraction of sp³-hybridized carbons (Fsp3) is 0.429. The van der Waals surface area contributed by atoms with E-state index in [9.17, 15) is 4.79 Å². The third-order valence-electron chi connectivity index (χ3n) is 1.65. The Bertz CT molecular complexity index is 394. The van der Waals surface area contributed by atoms with Crippen LogP contribution in [-0.2, 0) is 6.54 Å². The van der Waals surface area contributed by atoms with Gasteiger partial charge in [0.1, 0.15) is 5.82 Å². The van der Waals surface area contributed by atoms with E-state index in [2.05, 4.69) is 4.98 Å². The van der Waals surface area contributed by atoms with E-state index < -0.39 is 0 Å². The number of nitrogens with two attached hydrogens (primary N) is 2. The van der Waals surface area contributed by atoms with Gasteiger partial charge in [0.2, 0.25) is 0 Å². The van der Waals surface area contributed by atoms with Crippen LogP contribution in [-0.4, -0.2) is 16.1 Å². The SMILES string of the molecule is NCCCn1c(N)cc(=O)[nH]c1=S. The molecule has 13 heavy (non-hydrogen) atoms. The zero-order valence-corrected chi connectivity index (χ0v) is 7.93. The van der Waals surface area contributed by atoms with Gasteiger partial charge in [0, 0.05) is 12.6 Å². The zero-order chi connectivity index (χ0) is 9.84. The highest BCUT2D eigenvalue weighted by Gasteiger charge is 1.98. The number of hydrogen-bond acceptors (Lipinski definition) is 4. The van der Waals surface area contributed by atoms with Gasteiger partial charge in [-0.1, -0.05) is 0 Å². The van der Waals surface area contributed by atoms with E-state index in [1.807, 2.05) is 0 Å². The van der Waals surface area contributed by atoms with Crippen LogP contribution >= 0.6 is 12.2 Å². The second-order valence-corrected chi connectivity index (χ2v) is 3.04. The summed E-state index contributed by atoms with van der Waals surface area (Å²) in [4.78, 5) is 13.4. The first kappa shape index (κ1) is 9.94. The van der Waals surface area contributed by atoms with Crippen LogP contribution in [0.25, 0.3) is 0 Å². The minimum absolute atomic E-state index is 0.272. The second kappa shape index (κ2) is 4.20. The Morgan fingerprint density at radius 3 is 2.85 bits per heavy atom. The fourth-order valence-corrected chi connectivity index (χ4v) is 1.32. The number of anilines is 1. The number of aromatic nitrogens is 2. The quantitative estimate of drug-likeness (QED) is 0.591. The van der Waals surface area contributed by atoms with Crippen LogP contribution in [0.15, 0.2) is 10.9 Å². The molecule has 0 fully saturated rings. The highest BCUT2D eigenvalue weighted by Crippen LogP contribution is 1.99. The van der Waals surface area contributed by atoms with Crippen LogP contribution in [0.3, 0.4) is 0 Å². The molecule has 0 spiro atoms. The van der Waals surface area contributed by atoms with Gasteiger partial charge in [-0.2, -0.15) is 0 Å². The summed E-state index contributed by atoms with van der Waals surface area (Å²) in [5.74, 6) is 0.377. The number of aromatic amines is 1. The van der Waals surface area contributed by atoms with Crippen molar-refractivity contribution in [3.8, 4) is 0 Å². The molecule has 0 radical (unpaired) electrons. The zero-order valence-electron chi connectivity index (χ0n) is 7.12. The Labute approximate surface area is 80.4 Å². The lowest BCUT2D eigenvalue weighted by Crippen LogP contribution is -2.17. The molecule has 1 aromatic rings. The highest BCUT2D eigenvalue weighted by molar-refractivity contribution is 7.71. The van der Waals surface area contributed by atoms with Crippen molar-refractivity contribution in [3.63, 3.8) is 0 Å². The maximum Gasteiger partial charge on any atom is 0.253 e. The normalized spacial score (nSPS) is 10.2. The molecule has 0 aromatic carbocycles. The summed E-state index contributed by atoms with van der Waals surface area (Å²) in [7, 11) is 0. The standard InChI is InChI=1S/C7H12N4OS/c8-2-1-3-11-5(9)4-6(12)10-7(11)13/h4H,1-3,8-9H2,(H,10,12,13). The Morgan fingerprint density at radius 2 is 2.31 bits per heavy atom. The fourth-order valence-electron chi connectivity index (χ4n) is 1.02. The highest BCUT2D eigenvalue weighted by atomic mass is 32.1. The Balaban J connectivity index is 3.07. The molecule has 0 aliphatic carbocycles. The van der Waals surface area contributed by atoms with E-state index in [0.717, 1.165) is 6.42 Å². The molecule has 0 amide bonds. The van der Waals surface area contributed by atoms with Crippen LogP contribution in [0.4, 0.5) is 5.82 Å². The Kier molecular flexibility index (Phi) is 3.21. The van der Waals surface area contributed by atoms with Crippen LogP contribution in [0.5, 0.6) is 0 Å². The molecule has 1 rings (SSSR count). The maximum absolute atomic E-state index is 10.9. The second-order valence-electron chi connectivity index (χ2n) is 2.66. The molecule has 0 atom stereocenters. The number of hydrogen-bond donors (Lipinski definition) is 3. The Hall–Kier alpha value is -1.14. The van der Waals surface area contributed by atoms with Crippen LogP contribution in [0, 0.1) is 4.77 Å². The summed E-state index contributed by atoms with van der Waals surface area (Å²) in [6, 6.07) is 1.31. The molecule has 0 unspecified atom stereocenters.